The number of nitrogens with two attached hydrogens (primary N) is 1. The first-order chi connectivity index (χ1) is 9.45. The Morgan fingerprint density at radius 1 is 1.45 bits per heavy atom. The van der Waals surface area contributed by atoms with Gasteiger partial charge in [0.2, 0.25) is 0 Å². The molecule has 1 aromatic heterocycles. The molecular weight excluding hydrogens is 295 g/mol. The summed E-state index contributed by atoms with van der Waals surface area (Å²) in [5.41, 5.74) is 6.45. The molecule has 0 atom stereocenters. The summed E-state index contributed by atoms with van der Waals surface area (Å²) in [4.78, 5) is 13.3. The zero-order valence-electron chi connectivity index (χ0n) is 9.95. The van der Waals surface area contributed by atoms with Crippen molar-refractivity contribution >= 4 is 22.7 Å². The predicted molar refractivity (Wildman–Crippen MR) is 69.7 cm³/mol. The summed E-state index contributed by atoms with van der Waals surface area (Å²) in [6, 6.07) is 1.93. The summed E-state index contributed by atoms with van der Waals surface area (Å²) in [5.74, 6) is -1.58. The van der Waals surface area contributed by atoms with Gasteiger partial charge in [0.25, 0.3) is 0 Å². The number of hydrogen-bond donors (Lipinski definition) is 3. The van der Waals surface area contributed by atoms with Gasteiger partial charge in [0, 0.05) is 23.2 Å². The monoisotopic (exact) mass is 305 g/mol. The maximum absolute atomic E-state index is 13.3. The average Bonchev–Trinajstić information content (AvgIpc) is 2.76. The maximum Gasteiger partial charge on any atom is 0.387 e. The van der Waals surface area contributed by atoms with Gasteiger partial charge in [-0.25, -0.2) is 4.39 Å². The Morgan fingerprint density at radius 3 is 2.80 bits per heavy atom. The number of rotatable bonds is 5. The van der Waals surface area contributed by atoms with Gasteiger partial charge in [0.1, 0.15) is 0 Å². The number of nitrogens with one attached hydrogen (secondary N) is 2. The van der Waals surface area contributed by atoms with Crippen LogP contribution >= 0.6 is 11.3 Å². The Hall–Kier alpha value is -2.16. The fourth-order valence-electron chi connectivity index (χ4n) is 1.50. The van der Waals surface area contributed by atoms with E-state index in [2.05, 4.69) is 15.0 Å². The molecule has 0 radical (unpaired) electrons. The van der Waals surface area contributed by atoms with Gasteiger partial charge in [-0.3, -0.25) is 4.79 Å². The molecule has 20 heavy (non-hydrogen) atoms. The van der Waals surface area contributed by atoms with E-state index in [1.54, 1.807) is 5.38 Å². The van der Waals surface area contributed by atoms with Gasteiger partial charge in [0.15, 0.2) is 11.6 Å². The van der Waals surface area contributed by atoms with Crippen LogP contribution in [-0.2, 0) is 6.54 Å². The third-order valence-corrected chi connectivity index (χ3v) is 3.08. The van der Waals surface area contributed by atoms with Crippen molar-refractivity contribution in [1.29, 1.82) is 0 Å². The largest absolute Gasteiger partial charge is 0.432 e. The highest BCUT2D eigenvalue weighted by Crippen LogP contribution is 2.29. The van der Waals surface area contributed by atoms with E-state index in [1.807, 2.05) is 0 Å². The minimum atomic E-state index is -3.13. The van der Waals surface area contributed by atoms with Crippen LogP contribution < -0.4 is 20.7 Å². The summed E-state index contributed by atoms with van der Waals surface area (Å²) < 4.78 is 41.6. The summed E-state index contributed by atoms with van der Waals surface area (Å²) in [6.45, 7) is -2.92. The Morgan fingerprint density at radius 2 is 2.20 bits per heavy atom. The predicted octanol–water partition coefficient (Wildman–Crippen LogP) is 2.37. The lowest BCUT2D eigenvalue weighted by Gasteiger charge is -2.12. The lowest BCUT2D eigenvalue weighted by atomic mass is 10.2. The van der Waals surface area contributed by atoms with Gasteiger partial charge < -0.3 is 20.8 Å². The molecule has 2 aromatic rings. The molecule has 0 saturated carbocycles. The molecular formula is C11H10F3N3O2S. The van der Waals surface area contributed by atoms with E-state index in [0.29, 0.717) is 5.69 Å². The first kappa shape index (κ1) is 14.3. The Bertz CT molecular complexity index is 657. The van der Waals surface area contributed by atoms with Crippen LogP contribution in [0.2, 0.25) is 0 Å². The number of alkyl halides is 2. The molecule has 0 aliphatic rings. The van der Waals surface area contributed by atoms with Crippen LogP contribution in [0.4, 0.5) is 24.5 Å². The minimum Gasteiger partial charge on any atom is -0.432 e. The van der Waals surface area contributed by atoms with Crippen molar-refractivity contribution < 1.29 is 17.9 Å². The van der Waals surface area contributed by atoms with E-state index in [9.17, 15) is 18.0 Å². The first-order valence-corrected chi connectivity index (χ1v) is 6.28. The highest BCUT2D eigenvalue weighted by molar-refractivity contribution is 7.07. The van der Waals surface area contributed by atoms with Crippen LogP contribution in [0.15, 0.2) is 22.3 Å². The molecule has 0 unspecified atom stereocenters. The Kier molecular flexibility index (Phi) is 4.18. The Balaban J connectivity index is 2.16. The van der Waals surface area contributed by atoms with Gasteiger partial charge in [0.05, 0.1) is 17.9 Å². The number of halogens is 3. The van der Waals surface area contributed by atoms with Gasteiger partial charge in [-0.15, -0.1) is 0 Å². The highest BCUT2D eigenvalue weighted by atomic mass is 32.1. The molecule has 0 fully saturated rings. The molecule has 0 aliphatic carbocycles. The lowest BCUT2D eigenvalue weighted by molar-refractivity contribution is -0.0521. The summed E-state index contributed by atoms with van der Waals surface area (Å²) in [6.07, 6.45) is 0. The lowest BCUT2D eigenvalue weighted by Crippen LogP contribution is -2.08. The van der Waals surface area contributed by atoms with Crippen LogP contribution in [0.5, 0.6) is 5.75 Å². The normalized spacial score (nSPS) is 10.8. The van der Waals surface area contributed by atoms with Crippen LogP contribution in [-0.4, -0.2) is 11.6 Å². The number of ether oxygens (including phenoxy) is 1. The number of aromatic nitrogens is 1. The van der Waals surface area contributed by atoms with E-state index < -0.39 is 18.2 Å². The second-order valence-corrected chi connectivity index (χ2v) is 4.62. The second kappa shape index (κ2) is 5.87. The summed E-state index contributed by atoms with van der Waals surface area (Å²) >= 11 is 0.992. The number of H-pyrrole nitrogens is 1. The van der Waals surface area contributed by atoms with E-state index in [-0.39, 0.29) is 22.8 Å². The number of hydrogen-bond acceptors (Lipinski definition) is 5. The zero-order chi connectivity index (χ0) is 14.7. The fraction of sp³-hybridized carbons (Fsp3) is 0.182. The average molecular weight is 305 g/mol. The van der Waals surface area contributed by atoms with Crippen LogP contribution in [0.25, 0.3) is 0 Å². The number of nitrogen functional groups attached to an aromatic ring is 1. The van der Waals surface area contributed by atoms with Crippen molar-refractivity contribution in [3.8, 4) is 5.75 Å². The Labute approximate surface area is 115 Å². The van der Waals surface area contributed by atoms with E-state index in [0.717, 1.165) is 23.5 Å². The minimum absolute atomic E-state index is 0.0432. The van der Waals surface area contributed by atoms with Crippen molar-refractivity contribution in [2.24, 2.45) is 0 Å². The second-order valence-electron chi connectivity index (χ2n) is 3.78. The summed E-state index contributed by atoms with van der Waals surface area (Å²) in [7, 11) is 0. The number of anilines is 2. The molecule has 0 saturated heterocycles. The van der Waals surface area contributed by atoms with E-state index in [1.165, 1.54) is 0 Å². The highest BCUT2D eigenvalue weighted by Gasteiger charge is 2.13. The molecule has 0 bridgehead atoms. The number of thiazole rings is 1. The molecule has 1 heterocycles. The van der Waals surface area contributed by atoms with Crippen molar-refractivity contribution in [3.05, 3.63) is 38.7 Å². The molecule has 9 heteroatoms. The molecule has 5 nitrogen and oxygen atoms in total. The van der Waals surface area contributed by atoms with Gasteiger partial charge in [-0.05, 0) is 0 Å². The third kappa shape index (κ3) is 3.44. The molecule has 1 aromatic carbocycles. The topological polar surface area (TPSA) is 80.1 Å². The smallest absolute Gasteiger partial charge is 0.387 e. The zero-order valence-corrected chi connectivity index (χ0v) is 10.8. The maximum atomic E-state index is 13.3. The van der Waals surface area contributed by atoms with Crippen molar-refractivity contribution in [2.45, 2.75) is 13.2 Å². The van der Waals surface area contributed by atoms with Crippen LogP contribution in [0, 0.1) is 5.82 Å². The quantitative estimate of drug-likeness (QED) is 0.741. The molecule has 0 amide bonds. The van der Waals surface area contributed by atoms with Crippen molar-refractivity contribution in [1.82, 2.24) is 4.98 Å². The van der Waals surface area contributed by atoms with Crippen LogP contribution in [0.3, 0.4) is 0 Å². The van der Waals surface area contributed by atoms with E-state index >= 15 is 0 Å². The molecule has 0 spiro atoms. The van der Waals surface area contributed by atoms with Gasteiger partial charge >= 0.3 is 11.5 Å². The first-order valence-electron chi connectivity index (χ1n) is 5.40. The van der Waals surface area contributed by atoms with Crippen LogP contribution in [0.1, 0.15) is 5.69 Å². The van der Waals surface area contributed by atoms with Crippen molar-refractivity contribution in [2.75, 3.05) is 11.1 Å². The molecule has 4 N–H and O–H groups in total. The van der Waals surface area contributed by atoms with Gasteiger partial charge in [-0.2, -0.15) is 8.78 Å². The standard InChI is InChI=1S/C11H10F3N3O2S/c12-6-1-7(15)8(2-9(6)19-10(13)14)16-3-5-4-20-11(18)17-5/h1-2,4,10,16H,3,15H2,(H,17,18). The van der Waals surface area contributed by atoms with E-state index in [4.69, 9.17) is 5.73 Å². The number of aromatic amines is 1. The van der Waals surface area contributed by atoms with Gasteiger partial charge in [-0.1, -0.05) is 11.3 Å². The molecule has 108 valence electrons. The fourth-order valence-corrected chi connectivity index (χ4v) is 2.08. The van der Waals surface area contributed by atoms with Crippen molar-refractivity contribution in [3.63, 3.8) is 0 Å². The molecule has 0 aliphatic heterocycles. The SMILES string of the molecule is Nc1cc(F)c(OC(F)F)cc1NCc1csc(=O)[nH]1. The number of benzene rings is 1. The summed E-state index contributed by atoms with van der Waals surface area (Å²) in [5, 5.41) is 4.41. The molecule has 2 rings (SSSR count). The third-order valence-electron chi connectivity index (χ3n) is 2.36.